The summed E-state index contributed by atoms with van der Waals surface area (Å²) in [5.41, 5.74) is 17.4. The van der Waals surface area contributed by atoms with Gasteiger partial charge in [-0.1, -0.05) is 60.7 Å². The predicted octanol–water partition coefficient (Wildman–Crippen LogP) is 14.0. The molecule has 0 aromatic heterocycles. The van der Waals surface area contributed by atoms with Crippen LogP contribution in [-0.2, 0) is 0 Å². The van der Waals surface area contributed by atoms with E-state index in [4.69, 9.17) is 0 Å². The van der Waals surface area contributed by atoms with Crippen molar-refractivity contribution in [3.8, 4) is 0 Å². The molecule has 2 nitrogen and oxygen atoms in total. The van der Waals surface area contributed by atoms with Crippen LogP contribution < -0.4 is 9.80 Å². The highest BCUT2D eigenvalue weighted by Gasteiger charge is 2.23. The summed E-state index contributed by atoms with van der Waals surface area (Å²) in [5.74, 6) is 0. The zero-order valence-corrected chi connectivity index (χ0v) is 30.4. The first kappa shape index (κ1) is 31.7. The Morgan fingerprint density at radius 1 is 0.300 bits per heavy atom. The van der Waals surface area contributed by atoms with Crippen LogP contribution in [0, 0.1) is 55.4 Å². The van der Waals surface area contributed by atoms with Crippen molar-refractivity contribution >= 4 is 66.4 Å². The zero-order valence-electron chi connectivity index (χ0n) is 30.4. The normalized spacial score (nSPS) is 11.6. The van der Waals surface area contributed by atoms with Gasteiger partial charge in [0.1, 0.15) is 0 Å². The molecule has 0 heterocycles. The van der Waals surface area contributed by atoms with Crippen LogP contribution in [0.3, 0.4) is 0 Å². The summed E-state index contributed by atoms with van der Waals surface area (Å²) < 4.78 is 0. The number of rotatable bonds is 6. The highest BCUT2D eigenvalue weighted by atomic mass is 15.2. The molecular weight excluding hydrogens is 605 g/mol. The van der Waals surface area contributed by atoms with Crippen molar-refractivity contribution < 1.29 is 0 Å². The molecule has 50 heavy (non-hydrogen) atoms. The van der Waals surface area contributed by atoms with Gasteiger partial charge in [0.15, 0.2) is 0 Å². The number of benzene rings is 8. The van der Waals surface area contributed by atoms with E-state index in [1.807, 2.05) is 0 Å². The van der Waals surface area contributed by atoms with Crippen LogP contribution in [0.1, 0.15) is 44.5 Å². The van der Waals surface area contributed by atoms with Gasteiger partial charge >= 0.3 is 0 Å². The minimum Gasteiger partial charge on any atom is -0.310 e. The summed E-state index contributed by atoms with van der Waals surface area (Å²) in [6.45, 7) is 17.6. The lowest BCUT2D eigenvalue weighted by Gasteiger charge is -2.31. The lowest BCUT2D eigenvalue weighted by Crippen LogP contribution is -2.13. The molecule has 0 aliphatic rings. The summed E-state index contributed by atoms with van der Waals surface area (Å²) in [6, 6.07) is 45.8. The van der Waals surface area contributed by atoms with Gasteiger partial charge in [-0.3, -0.25) is 0 Å². The van der Waals surface area contributed by atoms with Gasteiger partial charge in [-0.2, -0.15) is 0 Å². The quantitative estimate of drug-likeness (QED) is 0.166. The Kier molecular flexibility index (Phi) is 7.64. The van der Waals surface area contributed by atoms with Crippen LogP contribution >= 0.6 is 0 Å². The lowest BCUT2D eigenvalue weighted by atomic mass is 9.91. The van der Waals surface area contributed by atoms with E-state index in [0.717, 1.165) is 0 Å². The molecule has 0 spiro atoms. The second kappa shape index (κ2) is 12.1. The molecule has 8 rings (SSSR count). The SMILES string of the molecule is Cc1ccc(N(c2ccc(C)c(C)c2)c2cc3ccc(N(c4ccc(C)c(C)c4)c4ccc(C)c(C)c4)c4ccc5cccc2c5c34)cc1C. The molecule has 0 amide bonds. The zero-order chi connectivity index (χ0) is 34.8. The average molecular weight is 649 g/mol. The van der Waals surface area contributed by atoms with Gasteiger partial charge in [0.2, 0.25) is 0 Å². The molecule has 0 radical (unpaired) electrons. The van der Waals surface area contributed by atoms with Gasteiger partial charge in [-0.25, -0.2) is 0 Å². The van der Waals surface area contributed by atoms with Crippen molar-refractivity contribution in [2.75, 3.05) is 9.80 Å². The summed E-state index contributed by atoms with van der Waals surface area (Å²) in [5, 5.41) is 7.59. The van der Waals surface area contributed by atoms with Crippen LogP contribution in [0.4, 0.5) is 34.1 Å². The third-order valence-electron chi connectivity index (χ3n) is 11.1. The van der Waals surface area contributed by atoms with Gasteiger partial charge in [-0.05, 0) is 182 Å². The van der Waals surface area contributed by atoms with E-state index < -0.39 is 0 Å². The predicted molar refractivity (Wildman–Crippen MR) is 217 cm³/mol. The van der Waals surface area contributed by atoms with E-state index in [-0.39, 0.29) is 0 Å². The Hall–Kier alpha value is -5.60. The van der Waals surface area contributed by atoms with Crippen LogP contribution in [-0.4, -0.2) is 0 Å². The summed E-state index contributed by atoms with van der Waals surface area (Å²) in [7, 11) is 0. The van der Waals surface area contributed by atoms with Crippen molar-refractivity contribution in [2.24, 2.45) is 0 Å². The smallest absolute Gasteiger partial charge is 0.0546 e. The second-order valence-electron chi connectivity index (χ2n) is 14.3. The van der Waals surface area contributed by atoms with Crippen molar-refractivity contribution in [1.82, 2.24) is 0 Å². The summed E-state index contributed by atoms with van der Waals surface area (Å²) in [6.07, 6.45) is 0. The summed E-state index contributed by atoms with van der Waals surface area (Å²) in [4.78, 5) is 4.90. The molecule has 0 saturated heterocycles. The third kappa shape index (κ3) is 5.18. The third-order valence-corrected chi connectivity index (χ3v) is 11.1. The fraction of sp³-hybridized carbons (Fsp3) is 0.167. The number of hydrogen-bond acceptors (Lipinski definition) is 2. The van der Waals surface area contributed by atoms with Gasteiger partial charge in [0.25, 0.3) is 0 Å². The highest BCUT2D eigenvalue weighted by molar-refractivity contribution is 6.29. The molecule has 0 unspecified atom stereocenters. The van der Waals surface area contributed by atoms with E-state index in [2.05, 4.69) is 187 Å². The Labute approximate surface area is 296 Å². The number of hydrogen-bond donors (Lipinski definition) is 0. The molecule has 246 valence electrons. The van der Waals surface area contributed by atoms with Gasteiger partial charge in [0, 0.05) is 33.5 Å². The highest BCUT2D eigenvalue weighted by Crippen LogP contribution is 2.49. The van der Waals surface area contributed by atoms with Crippen molar-refractivity contribution in [3.05, 3.63) is 166 Å². The minimum absolute atomic E-state index is 1.17. The van der Waals surface area contributed by atoms with E-state index in [9.17, 15) is 0 Å². The molecule has 8 aromatic rings. The Balaban J connectivity index is 1.43. The van der Waals surface area contributed by atoms with Gasteiger partial charge < -0.3 is 9.80 Å². The first-order valence-electron chi connectivity index (χ1n) is 17.7. The Bertz CT molecular complexity index is 2480. The van der Waals surface area contributed by atoms with Crippen LogP contribution in [0.5, 0.6) is 0 Å². The van der Waals surface area contributed by atoms with Crippen molar-refractivity contribution in [2.45, 2.75) is 55.4 Å². The van der Waals surface area contributed by atoms with E-state index in [1.54, 1.807) is 0 Å². The van der Waals surface area contributed by atoms with Gasteiger partial charge in [0.05, 0.1) is 11.4 Å². The van der Waals surface area contributed by atoms with Crippen molar-refractivity contribution in [1.29, 1.82) is 0 Å². The molecule has 0 fully saturated rings. The van der Waals surface area contributed by atoms with Crippen molar-refractivity contribution in [3.63, 3.8) is 0 Å². The number of aryl methyl sites for hydroxylation is 8. The monoisotopic (exact) mass is 648 g/mol. The molecule has 8 aromatic carbocycles. The van der Waals surface area contributed by atoms with Crippen LogP contribution in [0.2, 0.25) is 0 Å². The number of anilines is 6. The molecule has 0 bridgehead atoms. The number of nitrogens with zero attached hydrogens (tertiary/aromatic N) is 2. The minimum atomic E-state index is 1.17. The summed E-state index contributed by atoms with van der Waals surface area (Å²) >= 11 is 0. The maximum Gasteiger partial charge on any atom is 0.0546 e. The molecule has 0 atom stereocenters. The van der Waals surface area contributed by atoms with E-state index in [0.29, 0.717) is 0 Å². The molecular formula is C48H44N2. The fourth-order valence-corrected chi connectivity index (χ4v) is 7.49. The first-order chi connectivity index (χ1) is 24.1. The first-order valence-corrected chi connectivity index (χ1v) is 17.7. The molecule has 2 heteroatoms. The molecule has 0 aliphatic heterocycles. The maximum atomic E-state index is 2.46. The average Bonchev–Trinajstić information content (AvgIpc) is 3.11. The van der Waals surface area contributed by atoms with E-state index in [1.165, 1.54) is 111 Å². The Morgan fingerprint density at radius 3 is 1.16 bits per heavy atom. The topological polar surface area (TPSA) is 6.48 Å². The fourth-order valence-electron chi connectivity index (χ4n) is 7.49. The molecule has 0 N–H and O–H groups in total. The lowest BCUT2D eigenvalue weighted by molar-refractivity contribution is 1.24. The second-order valence-corrected chi connectivity index (χ2v) is 14.3. The van der Waals surface area contributed by atoms with E-state index >= 15 is 0 Å². The standard InChI is InChI=1S/C48H44N2/c1-29-12-18-39(24-33(29)5)49(40-19-13-30(2)34(6)25-40)45-23-17-38-28-46(43-11-9-10-37-16-22-44(45)48(38)47(37)43)50(41-20-14-31(3)35(7)26-41)42-21-15-32(4)36(8)27-42/h9-28H,1-8H3. The van der Waals surface area contributed by atoms with Gasteiger partial charge in [-0.15, -0.1) is 0 Å². The Morgan fingerprint density at radius 2 is 0.700 bits per heavy atom. The largest absolute Gasteiger partial charge is 0.310 e. The van der Waals surface area contributed by atoms with Crippen LogP contribution in [0.15, 0.2) is 121 Å². The molecule has 0 saturated carbocycles. The maximum absolute atomic E-state index is 2.46. The van der Waals surface area contributed by atoms with Crippen LogP contribution in [0.25, 0.3) is 32.3 Å². The molecule has 0 aliphatic carbocycles.